The summed E-state index contributed by atoms with van der Waals surface area (Å²) in [4.78, 5) is 2.61. The third-order valence-electron chi connectivity index (χ3n) is 5.72. The van der Waals surface area contributed by atoms with E-state index in [2.05, 4.69) is 10.2 Å². The fourth-order valence-electron chi connectivity index (χ4n) is 4.20. The normalized spacial score (nSPS) is 20.8. The number of nitrogens with one attached hydrogen (secondary N) is 1. The van der Waals surface area contributed by atoms with Gasteiger partial charge in [0.2, 0.25) is 0 Å². The predicted molar refractivity (Wildman–Crippen MR) is 108 cm³/mol. The van der Waals surface area contributed by atoms with Crippen LogP contribution < -0.4 is 5.32 Å². The smallest absolute Gasteiger partial charge is 0.177 e. The van der Waals surface area contributed by atoms with Crippen LogP contribution in [0, 0.1) is 5.92 Å². The van der Waals surface area contributed by atoms with E-state index in [0.717, 1.165) is 44.4 Å². The van der Waals surface area contributed by atoms with E-state index in [1.165, 1.54) is 44.4 Å². The van der Waals surface area contributed by atoms with Crippen LogP contribution in [0.25, 0.3) is 0 Å². The van der Waals surface area contributed by atoms with Crippen molar-refractivity contribution < 1.29 is 16.8 Å². The largest absolute Gasteiger partial charge is 0.381 e. The molecule has 1 aliphatic heterocycles. The van der Waals surface area contributed by atoms with Gasteiger partial charge in [-0.3, -0.25) is 0 Å². The molecule has 6 nitrogen and oxygen atoms in total. The number of hydrogen-bond acceptors (Lipinski definition) is 6. The summed E-state index contributed by atoms with van der Waals surface area (Å²) < 4.78 is 47.9. The molecule has 0 unspecified atom stereocenters. The van der Waals surface area contributed by atoms with Gasteiger partial charge in [0.25, 0.3) is 0 Å². The molecule has 8 heteroatoms. The van der Waals surface area contributed by atoms with Gasteiger partial charge in [0.1, 0.15) is 0 Å². The Morgan fingerprint density at radius 1 is 0.963 bits per heavy atom. The van der Waals surface area contributed by atoms with Crippen LogP contribution in [-0.2, 0) is 19.7 Å². The van der Waals surface area contributed by atoms with E-state index in [0.29, 0.717) is 5.69 Å². The summed E-state index contributed by atoms with van der Waals surface area (Å²) in [5.74, 6) is 0.842. The summed E-state index contributed by atoms with van der Waals surface area (Å²) in [5.41, 5.74) is 0.499. The summed E-state index contributed by atoms with van der Waals surface area (Å²) in [7, 11) is -6.98. The van der Waals surface area contributed by atoms with Crippen LogP contribution in [0.4, 0.5) is 5.69 Å². The van der Waals surface area contributed by atoms with Crippen molar-refractivity contribution >= 4 is 25.4 Å². The Hall–Kier alpha value is -1.12. The molecular weight excluding hydrogens is 384 g/mol. The van der Waals surface area contributed by atoms with Crippen molar-refractivity contribution in [2.75, 3.05) is 37.5 Å². The minimum atomic E-state index is -3.53. The molecule has 0 radical (unpaired) electrons. The summed E-state index contributed by atoms with van der Waals surface area (Å²) in [6, 6.07) is 4.52. The maximum absolute atomic E-state index is 12.2. The zero-order chi connectivity index (χ0) is 19.7. The Morgan fingerprint density at radius 3 is 2.15 bits per heavy atom. The number of benzene rings is 1. The standard InChI is InChI=1S/C19H30N2O4S2/c1-26(22,23)17-7-8-18(19(13-17)27(2,24)25)20-16-9-11-21(12-10-16)14-15-5-3-4-6-15/h7-8,13,15-16,20H,3-6,9-12,14H2,1-2H3. The van der Waals surface area contributed by atoms with E-state index < -0.39 is 19.7 Å². The first-order valence-corrected chi connectivity index (χ1v) is 13.4. The van der Waals surface area contributed by atoms with E-state index in [1.54, 1.807) is 6.07 Å². The van der Waals surface area contributed by atoms with Gasteiger partial charge in [-0.25, -0.2) is 16.8 Å². The number of anilines is 1. The van der Waals surface area contributed by atoms with Gasteiger partial charge in [-0.05, 0) is 49.8 Å². The fourth-order valence-corrected chi connectivity index (χ4v) is 5.79. The molecule has 3 rings (SSSR count). The lowest BCUT2D eigenvalue weighted by molar-refractivity contribution is 0.189. The quantitative estimate of drug-likeness (QED) is 0.770. The van der Waals surface area contributed by atoms with Gasteiger partial charge in [-0.2, -0.15) is 0 Å². The molecule has 2 fully saturated rings. The summed E-state index contributed by atoms with van der Waals surface area (Å²) in [5, 5.41) is 3.35. The van der Waals surface area contributed by atoms with Gasteiger partial charge in [0.15, 0.2) is 19.7 Å². The van der Waals surface area contributed by atoms with Crippen LogP contribution >= 0.6 is 0 Å². The molecule has 1 aromatic carbocycles. The van der Waals surface area contributed by atoms with E-state index in [4.69, 9.17) is 0 Å². The first-order valence-electron chi connectivity index (χ1n) is 9.66. The summed E-state index contributed by atoms with van der Waals surface area (Å²) in [6.07, 6.45) is 9.55. The lowest BCUT2D eigenvalue weighted by atomic mass is 10.0. The maximum Gasteiger partial charge on any atom is 0.177 e. The molecule has 0 aromatic heterocycles. The number of nitrogens with zero attached hydrogens (tertiary/aromatic N) is 1. The van der Waals surface area contributed by atoms with Crippen molar-refractivity contribution in [1.29, 1.82) is 0 Å². The molecule has 1 saturated carbocycles. The zero-order valence-corrected chi connectivity index (χ0v) is 17.8. The van der Waals surface area contributed by atoms with E-state index in [1.807, 2.05) is 0 Å². The van der Waals surface area contributed by atoms with Gasteiger partial charge in [-0.15, -0.1) is 0 Å². The first kappa shape index (κ1) is 20.6. The van der Waals surface area contributed by atoms with E-state index >= 15 is 0 Å². The highest BCUT2D eigenvalue weighted by Gasteiger charge is 2.25. The number of piperidine rings is 1. The second kappa shape index (κ2) is 8.09. The number of likely N-dealkylation sites (tertiary alicyclic amines) is 1. The molecule has 2 aliphatic rings. The highest BCUT2D eigenvalue weighted by atomic mass is 32.2. The monoisotopic (exact) mass is 414 g/mol. The summed E-state index contributed by atoms with van der Waals surface area (Å²) >= 11 is 0. The Bertz CT molecular complexity index is 867. The third-order valence-corrected chi connectivity index (χ3v) is 7.97. The Morgan fingerprint density at radius 2 is 1.59 bits per heavy atom. The van der Waals surface area contributed by atoms with Crippen molar-refractivity contribution in [2.45, 2.75) is 54.4 Å². The zero-order valence-electron chi connectivity index (χ0n) is 16.1. The lowest BCUT2D eigenvalue weighted by Crippen LogP contribution is -2.41. The number of hydrogen-bond donors (Lipinski definition) is 1. The van der Waals surface area contributed by atoms with Gasteiger partial charge in [0.05, 0.1) is 15.5 Å². The lowest BCUT2D eigenvalue weighted by Gasteiger charge is -2.34. The van der Waals surface area contributed by atoms with Crippen molar-refractivity contribution in [1.82, 2.24) is 4.90 Å². The fraction of sp³-hybridized carbons (Fsp3) is 0.684. The molecule has 1 saturated heterocycles. The van der Waals surface area contributed by atoms with Gasteiger partial charge < -0.3 is 10.2 Å². The van der Waals surface area contributed by atoms with E-state index in [9.17, 15) is 16.8 Å². The SMILES string of the molecule is CS(=O)(=O)c1ccc(NC2CCN(CC3CCCC3)CC2)c(S(C)(=O)=O)c1. The average molecular weight is 415 g/mol. The second-order valence-corrected chi connectivity index (χ2v) is 12.1. The summed E-state index contributed by atoms with van der Waals surface area (Å²) in [6.45, 7) is 3.22. The van der Waals surface area contributed by atoms with Crippen molar-refractivity contribution in [2.24, 2.45) is 5.92 Å². The average Bonchev–Trinajstić information content (AvgIpc) is 3.08. The van der Waals surface area contributed by atoms with Crippen LogP contribution in [0.3, 0.4) is 0 Å². The molecule has 0 amide bonds. The van der Waals surface area contributed by atoms with Gasteiger partial charge >= 0.3 is 0 Å². The number of rotatable bonds is 6. The molecule has 1 N–H and O–H groups in total. The number of sulfone groups is 2. The molecule has 0 bridgehead atoms. The molecule has 1 heterocycles. The molecule has 0 spiro atoms. The highest BCUT2D eigenvalue weighted by molar-refractivity contribution is 7.91. The molecule has 152 valence electrons. The van der Waals surface area contributed by atoms with Crippen LogP contribution in [-0.4, -0.2) is 59.9 Å². The van der Waals surface area contributed by atoms with E-state index in [-0.39, 0.29) is 15.8 Å². The van der Waals surface area contributed by atoms with Crippen molar-refractivity contribution in [3.63, 3.8) is 0 Å². The van der Waals surface area contributed by atoms with Crippen LogP contribution in [0.15, 0.2) is 28.0 Å². The second-order valence-electron chi connectivity index (χ2n) is 8.07. The van der Waals surface area contributed by atoms with Crippen molar-refractivity contribution in [3.05, 3.63) is 18.2 Å². The predicted octanol–water partition coefficient (Wildman–Crippen LogP) is 2.56. The Kier molecular flexibility index (Phi) is 6.17. The minimum Gasteiger partial charge on any atom is -0.381 e. The molecule has 1 aliphatic carbocycles. The molecule has 27 heavy (non-hydrogen) atoms. The third kappa shape index (κ3) is 5.45. The molecule has 1 aromatic rings. The minimum absolute atomic E-state index is 0.0276. The van der Waals surface area contributed by atoms with Crippen molar-refractivity contribution in [3.8, 4) is 0 Å². The van der Waals surface area contributed by atoms with Crippen LogP contribution in [0.2, 0.25) is 0 Å². The first-order chi connectivity index (χ1) is 12.6. The topological polar surface area (TPSA) is 83.6 Å². The molecular formula is C19H30N2O4S2. The van der Waals surface area contributed by atoms with Gasteiger partial charge in [-0.1, -0.05) is 12.8 Å². The highest BCUT2D eigenvalue weighted by Crippen LogP contribution is 2.29. The molecule has 0 atom stereocenters. The van der Waals surface area contributed by atoms with Crippen LogP contribution in [0.1, 0.15) is 38.5 Å². The maximum atomic E-state index is 12.2. The van der Waals surface area contributed by atoms with Crippen LogP contribution in [0.5, 0.6) is 0 Å². The Labute approximate surface area is 163 Å². The Balaban J connectivity index is 1.67. The van der Waals surface area contributed by atoms with Gasteiger partial charge in [0, 0.05) is 38.2 Å².